The van der Waals surface area contributed by atoms with Crippen molar-refractivity contribution in [1.82, 2.24) is 9.97 Å². The summed E-state index contributed by atoms with van der Waals surface area (Å²) in [5, 5.41) is 2.16. The molecule has 1 heterocycles. The van der Waals surface area contributed by atoms with E-state index in [4.69, 9.17) is 5.84 Å². The number of hydrogen-bond acceptors (Lipinski definition) is 5. The Kier molecular flexibility index (Phi) is 3.30. The van der Waals surface area contributed by atoms with E-state index in [0.29, 0.717) is 11.0 Å². The third-order valence-corrected chi connectivity index (χ3v) is 2.34. The van der Waals surface area contributed by atoms with Crippen molar-refractivity contribution >= 4 is 33.5 Å². The Morgan fingerprint density at radius 2 is 2.33 bits per heavy atom. The first kappa shape index (κ1) is 9.76. The quantitative estimate of drug-likeness (QED) is 0.370. The molecule has 0 saturated carbocycles. The largest absolute Gasteiger partial charge is 0.297 e. The van der Waals surface area contributed by atoms with Crippen LogP contribution in [0.25, 0.3) is 0 Å². The maximum atomic E-state index is 5.54. The second kappa shape index (κ2) is 4.06. The molecule has 0 spiro atoms. The lowest BCUT2D eigenvalue weighted by atomic mass is 10.6. The minimum absolute atomic E-state index is 0.689. The first-order valence-corrected chi connectivity index (χ1v) is 5.22. The average molecular weight is 249 g/mol. The van der Waals surface area contributed by atoms with Crippen LogP contribution < -0.4 is 10.9 Å². The van der Waals surface area contributed by atoms with Crippen LogP contribution in [0.4, 0.5) is 5.82 Å². The average Bonchev–Trinajstić information content (AvgIpc) is 2.05. The molecule has 0 radical (unpaired) electrons. The molecule has 2 N–H and O–H groups in total. The number of halogens is 1. The van der Waals surface area contributed by atoms with Crippen molar-refractivity contribution in [1.29, 1.82) is 0 Å². The molecule has 0 aromatic carbocycles. The van der Waals surface area contributed by atoms with Gasteiger partial charge in [0.1, 0.15) is 0 Å². The van der Waals surface area contributed by atoms with E-state index >= 15 is 0 Å². The molecule has 1 aromatic rings. The van der Waals surface area contributed by atoms with Crippen molar-refractivity contribution < 1.29 is 0 Å². The van der Waals surface area contributed by atoms with E-state index in [0.717, 1.165) is 4.47 Å². The Morgan fingerprint density at radius 3 is 2.83 bits per heavy atom. The van der Waals surface area contributed by atoms with E-state index in [1.54, 1.807) is 13.2 Å². The molecule has 0 aliphatic carbocycles. The van der Waals surface area contributed by atoms with Crippen molar-refractivity contribution in [2.75, 3.05) is 18.3 Å². The van der Waals surface area contributed by atoms with Gasteiger partial charge in [-0.05, 0) is 22.2 Å². The zero-order valence-electron chi connectivity index (χ0n) is 6.78. The molecule has 66 valence electrons. The molecule has 0 saturated heterocycles. The fourth-order valence-corrected chi connectivity index (χ4v) is 1.49. The van der Waals surface area contributed by atoms with Gasteiger partial charge in [-0.25, -0.2) is 15.8 Å². The molecular formula is C6H9BrN4S. The number of nitrogens with zero attached hydrogens (tertiary/aromatic N) is 3. The topological polar surface area (TPSA) is 55.0 Å². The van der Waals surface area contributed by atoms with Crippen LogP contribution in [0.1, 0.15) is 0 Å². The van der Waals surface area contributed by atoms with Crippen LogP contribution in [0.5, 0.6) is 0 Å². The first-order valence-electron chi connectivity index (χ1n) is 3.20. The molecule has 4 nitrogen and oxygen atoms in total. The van der Waals surface area contributed by atoms with E-state index in [1.807, 2.05) is 6.26 Å². The number of hydrogen-bond donors (Lipinski definition) is 1. The Morgan fingerprint density at radius 1 is 1.67 bits per heavy atom. The highest BCUT2D eigenvalue weighted by molar-refractivity contribution is 9.10. The van der Waals surface area contributed by atoms with Gasteiger partial charge < -0.3 is 0 Å². The van der Waals surface area contributed by atoms with Crippen LogP contribution in [0.2, 0.25) is 0 Å². The summed E-state index contributed by atoms with van der Waals surface area (Å²) in [5.41, 5.74) is 0. The van der Waals surface area contributed by atoms with Gasteiger partial charge in [0.2, 0.25) is 0 Å². The highest BCUT2D eigenvalue weighted by atomic mass is 79.9. The lowest BCUT2D eigenvalue weighted by Crippen LogP contribution is -2.26. The molecule has 0 amide bonds. The van der Waals surface area contributed by atoms with Crippen LogP contribution >= 0.6 is 27.7 Å². The third-order valence-electron chi connectivity index (χ3n) is 1.22. The summed E-state index contributed by atoms with van der Waals surface area (Å²) >= 11 is 4.79. The maximum absolute atomic E-state index is 5.54. The Balaban J connectivity index is 3.08. The summed E-state index contributed by atoms with van der Waals surface area (Å²) in [6.07, 6.45) is 3.61. The molecule has 6 heteroatoms. The lowest BCUT2D eigenvalue weighted by Gasteiger charge is -2.12. The van der Waals surface area contributed by atoms with E-state index in [2.05, 4.69) is 25.9 Å². The number of hydrazine groups is 1. The van der Waals surface area contributed by atoms with Crippen molar-refractivity contribution in [3.8, 4) is 0 Å². The number of aromatic nitrogens is 2. The van der Waals surface area contributed by atoms with Crippen molar-refractivity contribution in [2.45, 2.75) is 5.16 Å². The minimum atomic E-state index is 0.689. The van der Waals surface area contributed by atoms with Gasteiger partial charge in [-0.2, -0.15) is 0 Å². The molecule has 1 aromatic heterocycles. The maximum Gasteiger partial charge on any atom is 0.189 e. The Hall–Kier alpha value is -0.330. The molecule has 0 atom stereocenters. The van der Waals surface area contributed by atoms with Gasteiger partial charge >= 0.3 is 0 Å². The normalized spacial score (nSPS) is 10.0. The molecular weight excluding hydrogens is 240 g/mol. The van der Waals surface area contributed by atoms with Crippen LogP contribution in [-0.4, -0.2) is 23.3 Å². The number of thioether (sulfide) groups is 1. The predicted octanol–water partition coefficient (Wildman–Crippen LogP) is 1.27. The number of anilines is 1. The fraction of sp³-hybridized carbons (Fsp3) is 0.333. The van der Waals surface area contributed by atoms with E-state index < -0.39 is 0 Å². The molecule has 0 aliphatic heterocycles. The molecule has 12 heavy (non-hydrogen) atoms. The fourth-order valence-electron chi connectivity index (χ4n) is 0.688. The molecule has 0 bridgehead atoms. The van der Waals surface area contributed by atoms with Crippen molar-refractivity contribution in [2.24, 2.45) is 5.84 Å². The summed E-state index contributed by atoms with van der Waals surface area (Å²) in [5.74, 6) is 6.23. The summed E-state index contributed by atoms with van der Waals surface area (Å²) in [6, 6.07) is 0. The molecule has 1 rings (SSSR count). The zero-order valence-corrected chi connectivity index (χ0v) is 9.19. The van der Waals surface area contributed by atoms with Crippen LogP contribution in [0.3, 0.4) is 0 Å². The van der Waals surface area contributed by atoms with Crippen molar-refractivity contribution in [3.05, 3.63) is 10.7 Å². The highest BCUT2D eigenvalue weighted by Crippen LogP contribution is 2.22. The van der Waals surface area contributed by atoms with E-state index in [1.165, 1.54) is 16.8 Å². The molecule has 0 fully saturated rings. The van der Waals surface area contributed by atoms with Gasteiger partial charge in [0, 0.05) is 13.2 Å². The second-order valence-electron chi connectivity index (χ2n) is 2.14. The van der Waals surface area contributed by atoms with Gasteiger partial charge in [-0.3, -0.25) is 5.01 Å². The minimum Gasteiger partial charge on any atom is -0.297 e. The van der Waals surface area contributed by atoms with Crippen LogP contribution in [-0.2, 0) is 0 Å². The summed E-state index contributed by atoms with van der Waals surface area (Å²) < 4.78 is 0.797. The Bertz CT molecular complexity index is 278. The predicted molar refractivity (Wildman–Crippen MR) is 54.1 cm³/mol. The van der Waals surface area contributed by atoms with Crippen LogP contribution in [0, 0.1) is 0 Å². The van der Waals surface area contributed by atoms with Gasteiger partial charge in [-0.1, -0.05) is 11.8 Å². The Labute approximate surface area is 83.7 Å². The van der Waals surface area contributed by atoms with Gasteiger partial charge in [0.25, 0.3) is 0 Å². The van der Waals surface area contributed by atoms with Gasteiger partial charge in [-0.15, -0.1) is 0 Å². The van der Waals surface area contributed by atoms with Gasteiger partial charge in [0.15, 0.2) is 11.0 Å². The van der Waals surface area contributed by atoms with Crippen molar-refractivity contribution in [3.63, 3.8) is 0 Å². The SMILES string of the molecule is CSc1ncc(Br)c(N(C)N)n1. The highest BCUT2D eigenvalue weighted by Gasteiger charge is 2.05. The monoisotopic (exact) mass is 248 g/mol. The standard InChI is InChI=1S/C6H9BrN4S/c1-11(8)5-4(7)3-9-6(10-5)12-2/h3H,8H2,1-2H3. The lowest BCUT2D eigenvalue weighted by molar-refractivity contribution is 0.889. The van der Waals surface area contributed by atoms with Gasteiger partial charge in [0.05, 0.1) is 4.47 Å². The molecule has 0 unspecified atom stereocenters. The number of rotatable bonds is 2. The second-order valence-corrected chi connectivity index (χ2v) is 3.77. The summed E-state index contributed by atoms with van der Waals surface area (Å²) in [4.78, 5) is 8.26. The number of nitrogens with two attached hydrogens (primary N) is 1. The zero-order chi connectivity index (χ0) is 9.14. The third kappa shape index (κ3) is 2.09. The van der Waals surface area contributed by atoms with E-state index in [9.17, 15) is 0 Å². The smallest absolute Gasteiger partial charge is 0.189 e. The summed E-state index contributed by atoms with van der Waals surface area (Å²) in [6.45, 7) is 0. The van der Waals surface area contributed by atoms with E-state index in [-0.39, 0.29) is 0 Å². The first-order chi connectivity index (χ1) is 5.65. The molecule has 0 aliphatic rings. The van der Waals surface area contributed by atoms with Crippen LogP contribution in [0.15, 0.2) is 15.8 Å². The summed E-state index contributed by atoms with van der Waals surface area (Å²) in [7, 11) is 1.73.